The lowest BCUT2D eigenvalue weighted by atomic mass is 10.2. The number of morpholine rings is 1. The minimum atomic E-state index is -0.420. The highest BCUT2D eigenvalue weighted by molar-refractivity contribution is 5.90. The third-order valence-corrected chi connectivity index (χ3v) is 4.14. The molecule has 0 unspecified atom stereocenters. The Balaban J connectivity index is 1.78. The molecule has 1 aromatic heterocycles. The van der Waals surface area contributed by atoms with Crippen molar-refractivity contribution in [3.63, 3.8) is 0 Å². The smallest absolute Gasteiger partial charge is 0.342 e. The number of anilines is 1. The molecule has 1 amide bonds. The normalized spacial score (nSPS) is 14.5. The van der Waals surface area contributed by atoms with Gasteiger partial charge < -0.3 is 9.64 Å². The van der Waals surface area contributed by atoms with Gasteiger partial charge in [0.1, 0.15) is 7.05 Å². The standard InChI is InChI=1S/C18H22N3O3/c1-19-8-7-16(20-9-11-24-12-10-20)13-17(19)18(22)21(23)14-15-5-3-2-4-6-15/h2-8,13,23H,9-12,14H2,1H3/q+1. The Kier molecular flexibility index (Phi) is 5.08. The Morgan fingerprint density at radius 3 is 2.67 bits per heavy atom. The molecule has 6 nitrogen and oxygen atoms in total. The molecule has 3 rings (SSSR count). The summed E-state index contributed by atoms with van der Waals surface area (Å²) in [6, 6.07) is 13.2. The molecule has 1 aliphatic heterocycles. The van der Waals surface area contributed by atoms with Gasteiger partial charge in [-0.05, 0) is 5.56 Å². The van der Waals surface area contributed by atoms with E-state index in [4.69, 9.17) is 4.74 Å². The van der Waals surface area contributed by atoms with Crippen molar-refractivity contribution in [1.29, 1.82) is 0 Å². The minimum absolute atomic E-state index is 0.154. The number of pyridine rings is 1. The number of aryl methyl sites for hydroxylation is 1. The monoisotopic (exact) mass is 328 g/mol. The van der Waals surface area contributed by atoms with Crippen LogP contribution in [0.5, 0.6) is 0 Å². The number of carbonyl (C=O) groups excluding carboxylic acids is 1. The first kappa shape index (κ1) is 16.4. The van der Waals surface area contributed by atoms with Crippen LogP contribution < -0.4 is 9.47 Å². The molecule has 1 saturated heterocycles. The van der Waals surface area contributed by atoms with E-state index in [1.165, 1.54) is 0 Å². The van der Waals surface area contributed by atoms with E-state index in [1.807, 2.05) is 48.7 Å². The molecule has 1 aliphatic rings. The molecule has 6 heteroatoms. The van der Waals surface area contributed by atoms with E-state index in [9.17, 15) is 10.0 Å². The Bertz CT molecular complexity index is 700. The topological polar surface area (TPSA) is 56.9 Å². The lowest BCUT2D eigenvalue weighted by molar-refractivity contribution is -0.673. The Labute approximate surface area is 141 Å². The third-order valence-electron chi connectivity index (χ3n) is 4.14. The van der Waals surface area contributed by atoms with Crippen LogP contribution in [0.25, 0.3) is 0 Å². The highest BCUT2D eigenvalue weighted by Gasteiger charge is 2.25. The maximum Gasteiger partial charge on any atom is 0.342 e. The predicted octanol–water partition coefficient (Wildman–Crippen LogP) is 1.38. The fraction of sp³-hybridized carbons (Fsp3) is 0.333. The van der Waals surface area contributed by atoms with Crippen LogP contribution >= 0.6 is 0 Å². The summed E-state index contributed by atoms with van der Waals surface area (Å²) in [5.74, 6) is -0.420. The van der Waals surface area contributed by atoms with Gasteiger partial charge in [-0.25, -0.2) is 5.06 Å². The molecule has 126 valence electrons. The van der Waals surface area contributed by atoms with Gasteiger partial charge in [0.05, 0.1) is 19.8 Å². The van der Waals surface area contributed by atoms with Gasteiger partial charge in [-0.3, -0.25) is 10.0 Å². The van der Waals surface area contributed by atoms with Crippen LogP contribution in [-0.4, -0.2) is 42.5 Å². The average molecular weight is 328 g/mol. The summed E-state index contributed by atoms with van der Waals surface area (Å²) in [5, 5.41) is 10.9. The van der Waals surface area contributed by atoms with Gasteiger partial charge in [0.15, 0.2) is 6.20 Å². The molecule has 0 saturated carbocycles. The van der Waals surface area contributed by atoms with Crippen molar-refractivity contribution in [3.8, 4) is 0 Å². The van der Waals surface area contributed by atoms with Gasteiger partial charge in [0, 0.05) is 30.9 Å². The molecule has 2 heterocycles. The molecule has 0 aliphatic carbocycles. The van der Waals surface area contributed by atoms with E-state index in [0.29, 0.717) is 18.9 Å². The Hall–Kier alpha value is -2.44. The SMILES string of the molecule is C[n+]1ccc(N2CCOCC2)cc1C(=O)N(O)Cc1ccccc1. The number of hydrogen-bond acceptors (Lipinski definition) is 4. The molecule has 0 spiro atoms. The first-order chi connectivity index (χ1) is 11.6. The molecule has 2 aromatic rings. The zero-order chi connectivity index (χ0) is 16.9. The van der Waals surface area contributed by atoms with E-state index >= 15 is 0 Å². The fourth-order valence-corrected chi connectivity index (χ4v) is 2.75. The van der Waals surface area contributed by atoms with Crippen LogP contribution in [0.2, 0.25) is 0 Å². The van der Waals surface area contributed by atoms with Crippen molar-refractivity contribution in [1.82, 2.24) is 5.06 Å². The lowest BCUT2D eigenvalue weighted by Crippen LogP contribution is -2.42. The van der Waals surface area contributed by atoms with E-state index in [-0.39, 0.29) is 6.54 Å². The van der Waals surface area contributed by atoms with Crippen molar-refractivity contribution in [3.05, 3.63) is 59.9 Å². The van der Waals surface area contributed by atoms with Crippen LogP contribution in [0, 0.1) is 0 Å². The van der Waals surface area contributed by atoms with Crippen LogP contribution in [0.1, 0.15) is 16.1 Å². The van der Waals surface area contributed by atoms with E-state index < -0.39 is 5.91 Å². The van der Waals surface area contributed by atoms with Crippen molar-refractivity contribution < 1.29 is 19.3 Å². The van der Waals surface area contributed by atoms with E-state index in [2.05, 4.69) is 4.90 Å². The molecular weight excluding hydrogens is 306 g/mol. The number of nitrogens with zero attached hydrogens (tertiary/aromatic N) is 3. The van der Waals surface area contributed by atoms with Gasteiger partial charge in [-0.15, -0.1) is 0 Å². The number of hydrogen-bond donors (Lipinski definition) is 1. The fourth-order valence-electron chi connectivity index (χ4n) is 2.75. The van der Waals surface area contributed by atoms with Crippen LogP contribution in [-0.2, 0) is 18.3 Å². The zero-order valence-electron chi connectivity index (χ0n) is 13.8. The van der Waals surface area contributed by atoms with Crippen molar-refractivity contribution in [2.75, 3.05) is 31.2 Å². The number of aromatic nitrogens is 1. The number of carbonyl (C=O) groups is 1. The van der Waals surface area contributed by atoms with Gasteiger partial charge in [-0.1, -0.05) is 30.3 Å². The first-order valence-electron chi connectivity index (χ1n) is 8.02. The molecule has 1 N–H and O–H groups in total. The van der Waals surface area contributed by atoms with Gasteiger partial charge in [-0.2, -0.15) is 4.57 Å². The summed E-state index contributed by atoms with van der Waals surface area (Å²) >= 11 is 0. The maximum absolute atomic E-state index is 12.6. The van der Waals surface area contributed by atoms with E-state index in [1.54, 1.807) is 11.6 Å². The molecule has 1 fully saturated rings. The molecule has 1 aromatic carbocycles. The average Bonchev–Trinajstić information content (AvgIpc) is 2.63. The van der Waals surface area contributed by atoms with Crippen LogP contribution in [0.3, 0.4) is 0 Å². The summed E-state index contributed by atoms with van der Waals surface area (Å²) in [6.07, 6.45) is 1.84. The quantitative estimate of drug-likeness (QED) is 0.523. The largest absolute Gasteiger partial charge is 0.378 e. The lowest BCUT2D eigenvalue weighted by Gasteiger charge is -2.28. The summed E-state index contributed by atoms with van der Waals surface area (Å²) in [7, 11) is 1.80. The molecule has 0 atom stereocenters. The van der Waals surface area contributed by atoms with Gasteiger partial charge in [0.2, 0.25) is 0 Å². The summed E-state index contributed by atoms with van der Waals surface area (Å²) in [4.78, 5) is 14.8. The number of benzene rings is 1. The number of hydroxylamine groups is 2. The van der Waals surface area contributed by atoms with Crippen molar-refractivity contribution >= 4 is 11.6 Å². The number of ether oxygens (including phenoxy) is 1. The second-order valence-electron chi connectivity index (χ2n) is 5.83. The maximum atomic E-state index is 12.6. The summed E-state index contributed by atoms with van der Waals surface area (Å²) < 4.78 is 7.09. The van der Waals surface area contributed by atoms with Crippen LogP contribution in [0.4, 0.5) is 5.69 Å². The summed E-state index contributed by atoms with van der Waals surface area (Å²) in [5.41, 5.74) is 2.28. The molecule has 0 radical (unpaired) electrons. The van der Waals surface area contributed by atoms with Crippen LogP contribution in [0.15, 0.2) is 48.7 Å². The zero-order valence-corrected chi connectivity index (χ0v) is 13.8. The highest BCUT2D eigenvalue weighted by atomic mass is 16.5. The molecular formula is C18H22N3O3+. The molecule has 24 heavy (non-hydrogen) atoms. The van der Waals surface area contributed by atoms with Gasteiger partial charge >= 0.3 is 5.91 Å². The first-order valence-corrected chi connectivity index (χ1v) is 8.02. The third kappa shape index (κ3) is 3.72. The summed E-state index contributed by atoms with van der Waals surface area (Å²) in [6.45, 7) is 3.12. The van der Waals surface area contributed by atoms with E-state index in [0.717, 1.165) is 29.4 Å². The number of amides is 1. The van der Waals surface area contributed by atoms with Crippen molar-refractivity contribution in [2.24, 2.45) is 7.05 Å². The second kappa shape index (κ2) is 7.42. The predicted molar refractivity (Wildman–Crippen MR) is 88.8 cm³/mol. The van der Waals surface area contributed by atoms with Gasteiger partial charge in [0.25, 0.3) is 5.69 Å². The molecule has 0 bridgehead atoms. The van der Waals surface area contributed by atoms with Crippen molar-refractivity contribution in [2.45, 2.75) is 6.54 Å². The number of rotatable bonds is 4. The highest BCUT2D eigenvalue weighted by Crippen LogP contribution is 2.16. The Morgan fingerprint density at radius 1 is 1.25 bits per heavy atom. The Morgan fingerprint density at radius 2 is 1.96 bits per heavy atom. The minimum Gasteiger partial charge on any atom is -0.378 e. The second-order valence-corrected chi connectivity index (χ2v) is 5.83.